The van der Waals surface area contributed by atoms with Crippen molar-refractivity contribution in [2.75, 3.05) is 13.1 Å². The zero-order chi connectivity index (χ0) is 39.4. The summed E-state index contributed by atoms with van der Waals surface area (Å²) < 4.78 is 17.3. The van der Waals surface area contributed by atoms with Crippen LogP contribution in [0, 0.1) is 13.8 Å². The molecule has 1 aromatic carbocycles. The SMILES string of the molecule is Cc1ccnc2cc(C(=O)NC[C@@H](N)C(=O)OC(C)C)sc12.Cc1ccnc2cc(C(=O)NC[C@@H](NC(=O)OCc3ccccc3)C(=O)OC(C)C)sc12. The largest absolute Gasteiger partial charge is 0.462 e. The van der Waals surface area contributed by atoms with Crippen molar-refractivity contribution in [1.29, 1.82) is 0 Å². The van der Waals surface area contributed by atoms with E-state index in [0.29, 0.717) is 9.75 Å². The molecule has 2 atom stereocenters. The van der Waals surface area contributed by atoms with E-state index in [1.165, 1.54) is 22.7 Å². The second-order valence-electron chi connectivity index (χ2n) is 12.7. The molecule has 0 unspecified atom stereocenters. The number of carbonyl (C=O) groups excluding carboxylic acids is 5. The predicted octanol–water partition coefficient (Wildman–Crippen LogP) is 5.19. The molecular weight excluding hydrogens is 733 g/mol. The minimum atomic E-state index is -1.10. The Morgan fingerprint density at radius 2 is 1.22 bits per heavy atom. The maximum absolute atomic E-state index is 12.6. The Morgan fingerprint density at radius 1 is 0.722 bits per heavy atom. The minimum absolute atomic E-state index is 0.0328. The van der Waals surface area contributed by atoms with Crippen molar-refractivity contribution >= 4 is 73.0 Å². The third kappa shape index (κ3) is 12.0. The minimum Gasteiger partial charge on any atom is -0.462 e. The highest BCUT2D eigenvalue weighted by atomic mass is 32.1. The third-order valence-electron chi connectivity index (χ3n) is 7.41. The molecule has 0 saturated heterocycles. The molecule has 0 saturated carbocycles. The second-order valence-corrected chi connectivity index (χ2v) is 14.8. The van der Waals surface area contributed by atoms with Gasteiger partial charge in [-0.05, 0) is 82.5 Å². The lowest BCUT2D eigenvalue weighted by Gasteiger charge is -2.19. The zero-order valence-corrected chi connectivity index (χ0v) is 32.5. The van der Waals surface area contributed by atoms with E-state index in [1.807, 2.05) is 56.3 Å². The van der Waals surface area contributed by atoms with E-state index >= 15 is 0 Å². The predicted molar refractivity (Wildman–Crippen MR) is 207 cm³/mol. The van der Waals surface area contributed by atoms with Gasteiger partial charge in [0.05, 0.1) is 42.4 Å². The van der Waals surface area contributed by atoms with Crippen LogP contribution in [0.4, 0.5) is 4.79 Å². The van der Waals surface area contributed by atoms with Crippen molar-refractivity contribution in [2.24, 2.45) is 5.73 Å². The van der Waals surface area contributed by atoms with Crippen molar-refractivity contribution in [3.63, 3.8) is 0 Å². The van der Waals surface area contributed by atoms with Crippen LogP contribution < -0.4 is 21.7 Å². The molecule has 0 bridgehead atoms. The first-order valence-corrected chi connectivity index (χ1v) is 18.8. The first kappa shape index (κ1) is 41.3. The van der Waals surface area contributed by atoms with Crippen molar-refractivity contribution in [3.8, 4) is 0 Å². The highest BCUT2D eigenvalue weighted by molar-refractivity contribution is 7.21. The van der Waals surface area contributed by atoms with Gasteiger partial charge in [-0.1, -0.05) is 30.3 Å². The van der Waals surface area contributed by atoms with Gasteiger partial charge in [0.15, 0.2) is 0 Å². The van der Waals surface area contributed by atoms with E-state index in [4.69, 9.17) is 19.9 Å². The highest BCUT2D eigenvalue weighted by Crippen LogP contribution is 2.27. The molecule has 5 rings (SSSR count). The molecule has 0 aliphatic heterocycles. The summed E-state index contributed by atoms with van der Waals surface area (Å²) in [5.41, 5.74) is 10.1. The first-order valence-electron chi connectivity index (χ1n) is 17.1. The van der Waals surface area contributed by atoms with Crippen molar-refractivity contribution in [3.05, 3.63) is 93.4 Å². The van der Waals surface area contributed by atoms with Crippen LogP contribution in [0.25, 0.3) is 20.4 Å². The number of carbonyl (C=O) groups is 5. The van der Waals surface area contributed by atoms with E-state index < -0.39 is 30.1 Å². The Bertz CT molecular complexity index is 2080. The number of nitrogens with zero attached hydrogens (tertiary/aromatic N) is 2. The lowest BCUT2D eigenvalue weighted by atomic mass is 10.2. The third-order valence-corrected chi connectivity index (χ3v) is 9.93. The number of alkyl carbamates (subject to hydrolysis) is 1. The number of nitrogens with two attached hydrogens (primary N) is 1. The summed E-state index contributed by atoms with van der Waals surface area (Å²) >= 11 is 2.69. The van der Waals surface area contributed by atoms with Gasteiger partial charge in [-0.2, -0.15) is 0 Å². The molecule has 14 nitrogen and oxygen atoms in total. The van der Waals surface area contributed by atoms with Crippen LogP contribution in [-0.2, 0) is 30.4 Å². The van der Waals surface area contributed by atoms with Crippen LogP contribution in [-0.4, -0.2) is 77.2 Å². The molecule has 3 amide bonds. The number of nitrogens with one attached hydrogen (secondary N) is 3. The second kappa shape index (κ2) is 19.6. The molecule has 0 fully saturated rings. The normalized spacial score (nSPS) is 12.0. The summed E-state index contributed by atoms with van der Waals surface area (Å²) in [5, 5.41) is 7.81. The molecule has 0 aliphatic rings. The molecule has 0 aliphatic carbocycles. The van der Waals surface area contributed by atoms with Crippen LogP contribution in [0.5, 0.6) is 0 Å². The van der Waals surface area contributed by atoms with Crippen LogP contribution in [0.2, 0.25) is 0 Å². The smallest absolute Gasteiger partial charge is 0.408 e. The number of rotatable bonds is 13. The van der Waals surface area contributed by atoms with Gasteiger partial charge in [-0.25, -0.2) is 9.59 Å². The molecule has 5 aromatic rings. The monoisotopic (exact) mass is 776 g/mol. The van der Waals surface area contributed by atoms with Gasteiger partial charge in [0.2, 0.25) is 0 Å². The van der Waals surface area contributed by atoms with Crippen molar-refractivity contribution < 1.29 is 38.2 Å². The van der Waals surface area contributed by atoms with Crippen molar-refractivity contribution in [1.82, 2.24) is 25.9 Å². The summed E-state index contributed by atoms with van der Waals surface area (Å²) in [6.45, 7) is 10.8. The summed E-state index contributed by atoms with van der Waals surface area (Å²) in [6, 6.07) is 14.4. The number of aryl methyl sites for hydroxylation is 2. The Labute approximate surface area is 320 Å². The molecular formula is C38H44N6O8S2. The van der Waals surface area contributed by atoms with Crippen LogP contribution in [0.1, 0.15) is 63.7 Å². The van der Waals surface area contributed by atoms with E-state index in [1.54, 1.807) is 52.2 Å². The van der Waals surface area contributed by atoms with Gasteiger partial charge in [-0.3, -0.25) is 24.4 Å². The Kier molecular flexibility index (Phi) is 15.0. The Morgan fingerprint density at radius 3 is 1.72 bits per heavy atom. The molecule has 54 heavy (non-hydrogen) atoms. The van der Waals surface area contributed by atoms with E-state index in [9.17, 15) is 24.0 Å². The maximum Gasteiger partial charge on any atom is 0.408 e. The lowest BCUT2D eigenvalue weighted by Crippen LogP contribution is -2.49. The molecule has 286 valence electrons. The number of aromatic nitrogens is 2. The Hall–Kier alpha value is -5.45. The number of fused-ring (bicyclic) bond motifs is 2. The summed E-state index contributed by atoms with van der Waals surface area (Å²) in [5.74, 6) is -1.82. The summed E-state index contributed by atoms with van der Waals surface area (Å²) in [7, 11) is 0. The lowest BCUT2D eigenvalue weighted by molar-refractivity contribution is -0.150. The molecule has 16 heteroatoms. The topological polar surface area (TPSA) is 201 Å². The van der Waals surface area contributed by atoms with Gasteiger partial charge >= 0.3 is 18.0 Å². The fourth-order valence-corrected chi connectivity index (χ4v) is 6.74. The van der Waals surface area contributed by atoms with Gasteiger partial charge in [-0.15, -0.1) is 22.7 Å². The first-order chi connectivity index (χ1) is 25.7. The van der Waals surface area contributed by atoms with Gasteiger partial charge in [0.1, 0.15) is 18.7 Å². The number of pyridine rings is 2. The van der Waals surface area contributed by atoms with Crippen LogP contribution in [0.3, 0.4) is 0 Å². The molecule has 5 N–H and O–H groups in total. The Balaban J connectivity index is 0.000000258. The fraction of sp³-hybridized carbons (Fsp3) is 0.342. The van der Waals surface area contributed by atoms with E-state index in [0.717, 1.165) is 37.1 Å². The average Bonchev–Trinajstić information content (AvgIpc) is 3.78. The number of hydrogen-bond donors (Lipinski definition) is 4. The maximum atomic E-state index is 12.6. The number of amides is 3. The quantitative estimate of drug-likeness (QED) is 0.0906. The number of esters is 2. The molecule has 0 radical (unpaired) electrons. The van der Waals surface area contributed by atoms with Crippen molar-refractivity contribution in [2.45, 2.75) is 72.4 Å². The number of hydrogen-bond acceptors (Lipinski definition) is 13. The van der Waals surface area contributed by atoms with Gasteiger partial charge in [0.25, 0.3) is 11.8 Å². The van der Waals surface area contributed by atoms with E-state index in [-0.39, 0.29) is 43.7 Å². The van der Waals surface area contributed by atoms with Gasteiger partial charge < -0.3 is 35.9 Å². The zero-order valence-electron chi connectivity index (χ0n) is 30.8. The number of benzene rings is 1. The average molecular weight is 777 g/mol. The van der Waals surface area contributed by atoms with Crippen LogP contribution in [0.15, 0.2) is 67.0 Å². The van der Waals surface area contributed by atoms with Gasteiger partial charge in [0, 0.05) is 25.5 Å². The molecule has 4 heterocycles. The highest BCUT2D eigenvalue weighted by Gasteiger charge is 2.26. The molecule has 0 spiro atoms. The fourth-order valence-electron chi connectivity index (χ4n) is 4.74. The summed E-state index contributed by atoms with van der Waals surface area (Å²) in [4.78, 5) is 70.5. The van der Waals surface area contributed by atoms with Crippen LogP contribution >= 0.6 is 22.7 Å². The molecule has 4 aromatic heterocycles. The number of ether oxygens (including phenoxy) is 3. The summed E-state index contributed by atoms with van der Waals surface area (Å²) in [6.07, 6.45) is 2.01. The van der Waals surface area contributed by atoms with E-state index in [2.05, 4.69) is 25.9 Å². The number of thiophene rings is 2. The standard InChI is InChI=1S/C23H25N3O5S.C15H19N3O3S/c1-14(2)31-22(28)18(26-23(29)30-13-16-7-5-4-6-8-16)12-25-21(27)19-11-17-20(32-19)15(3)9-10-24-17;1-8(2)21-15(20)10(16)7-18-14(19)12-6-11-13(22-12)9(3)4-5-17-11/h4-11,14,18H,12-13H2,1-3H3,(H,25,27)(H,26,29);4-6,8,10H,7,16H2,1-3H3,(H,18,19)/t18-;10-/m11/s1.